The Bertz CT molecular complexity index is 635. The van der Waals surface area contributed by atoms with Gasteiger partial charge in [0.25, 0.3) is 0 Å². The molecule has 1 aliphatic carbocycles. The maximum atomic E-state index is 12.1. The Balaban J connectivity index is 1.87. The summed E-state index contributed by atoms with van der Waals surface area (Å²) in [4.78, 5) is 9.17. The maximum Gasteiger partial charge on any atom is 0.223 e. The van der Waals surface area contributed by atoms with Crippen molar-refractivity contribution in [3.05, 3.63) is 11.9 Å². The van der Waals surface area contributed by atoms with Gasteiger partial charge in [-0.1, -0.05) is 19.3 Å². The molecule has 1 aromatic rings. The summed E-state index contributed by atoms with van der Waals surface area (Å²) in [6.07, 6.45) is 10.8. The van der Waals surface area contributed by atoms with Gasteiger partial charge in [0.05, 0.1) is 11.9 Å². The van der Waals surface area contributed by atoms with Gasteiger partial charge in [-0.3, -0.25) is 0 Å². The molecule has 1 aliphatic heterocycles. The van der Waals surface area contributed by atoms with Crippen molar-refractivity contribution in [2.75, 3.05) is 24.7 Å². The third-order valence-corrected chi connectivity index (χ3v) is 5.92. The van der Waals surface area contributed by atoms with Crippen LogP contribution in [-0.4, -0.2) is 43.8 Å². The molecule has 2 aliphatic rings. The molecule has 7 heteroatoms. The maximum absolute atomic E-state index is 12.1. The van der Waals surface area contributed by atoms with Gasteiger partial charge in [-0.25, -0.2) is 18.4 Å². The zero-order chi connectivity index (χ0) is 16.3. The Morgan fingerprint density at radius 1 is 1.17 bits per heavy atom. The molecule has 0 bridgehead atoms. The van der Waals surface area contributed by atoms with E-state index in [4.69, 9.17) is 0 Å². The molecule has 0 amide bonds. The number of piperidine rings is 1. The van der Waals surface area contributed by atoms with Crippen LogP contribution in [0.25, 0.3) is 0 Å². The molecule has 0 aromatic carbocycles. The molecule has 1 saturated heterocycles. The Morgan fingerprint density at radius 3 is 2.61 bits per heavy atom. The first-order chi connectivity index (χ1) is 11.0. The molecular weight excluding hydrogens is 312 g/mol. The van der Waals surface area contributed by atoms with E-state index in [9.17, 15) is 8.42 Å². The number of rotatable bonds is 4. The number of anilines is 1. The predicted molar refractivity (Wildman–Crippen MR) is 90.5 cm³/mol. The van der Waals surface area contributed by atoms with Crippen molar-refractivity contribution in [2.45, 2.75) is 61.8 Å². The number of hydrogen-bond acceptors (Lipinski definition) is 6. The lowest BCUT2D eigenvalue weighted by Gasteiger charge is -2.26. The lowest BCUT2D eigenvalue weighted by atomic mass is 9.95. The summed E-state index contributed by atoms with van der Waals surface area (Å²) < 4.78 is 24.2. The lowest BCUT2D eigenvalue weighted by Crippen LogP contribution is -2.30. The molecule has 2 N–H and O–H groups in total. The van der Waals surface area contributed by atoms with E-state index >= 15 is 0 Å². The topological polar surface area (TPSA) is 84.0 Å². The van der Waals surface area contributed by atoms with Crippen LogP contribution in [0.2, 0.25) is 0 Å². The minimum atomic E-state index is -3.31. The molecule has 1 aromatic heterocycles. The minimum Gasteiger partial charge on any atom is -0.351 e. The summed E-state index contributed by atoms with van der Waals surface area (Å²) in [5.41, 5.74) is 0.674. The summed E-state index contributed by atoms with van der Waals surface area (Å²) in [6, 6.07) is 0.408. The second kappa shape index (κ2) is 7.13. The molecular formula is C16H26N4O2S. The third-order valence-electron chi connectivity index (χ3n) is 4.80. The largest absolute Gasteiger partial charge is 0.351 e. The zero-order valence-corrected chi connectivity index (χ0v) is 14.5. The quantitative estimate of drug-likeness (QED) is 0.874. The van der Waals surface area contributed by atoms with E-state index < -0.39 is 9.84 Å². The van der Waals surface area contributed by atoms with Gasteiger partial charge in [-0.05, 0) is 32.2 Å². The highest BCUT2D eigenvalue weighted by molar-refractivity contribution is 7.90. The van der Waals surface area contributed by atoms with E-state index in [-0.39, 0.29) is 10.8 Å². The summed E-state index contributed by atoms with van der Waals surface area (Å²) in [5.74, 6) is 0.716. The van der Waals surface area contributed by atoms with Crippen LogP contribution >= 0.6 is 0 Å². The van der Waals surface area contributed by atoms with Crippen LogP contribution in [-0.2, 0) is 9.84 Å². The summed E-state index contributed by atoms with van der Waals surface area (Å²) >= 11 is 0. The van der Waals surface area contributed by atoms with E-state index in [2.05, 4.69) is 20.6 Å². The number of nitrogens with one attached hydrogen (secondary N) is 2. The van der Waals surface area contributed by atoms with Gasteiger partial charge in [-0.2, -0.15) is 0 Å². The van der Waals surface area contributed by atoms with Gasteiger partial charge in [0, 0.05) is 24.8 Å². The van der Waals surface area contributed by atoms with Gasteiger partial charge in [0.15, 0.2) is 9.84 Å². The average molecular weight is 338 g/mol. The first-order valence-corrected chi connectivity index (χ1v) is 10.5. The van der Waals surface area contributed by atoms with Crippen LogP contribution in [0, 0.1) is 0 Å². The van der Waals surface area contributed by atoms with E-state index in [1.54, 1.807) is 0 Å². The predicted octanol–water partition coefficient (Wildman–Crippen LogP) is 2.09. The normalized spacial score (nSPS) is 23.6. The summed E-state index contributed by atoms with van der Waals surface area (Å²) in [7, 11) is -3.31. The standard InChI is InChI=1S/C16H26N4O2S/c1-23(21,22)14-11-18-16(19-13-7-3-2-4-8-13)20-15(14)12-6-5-9-17-10-12/h11-13,17H,2-10H2,1H3,(H,18,19,20)/t12-/m1/s1. The molecule has 1 atom stereocenters. The first-order valence-electron chi connectivity index (χ1n) is 8.58. The SMILES string of the molecule is CS(=O)(=O)c1cnc(NC2CCCCC2)nc1[C@@H]1CCCNC1. The fourth-order valence-corrected chi connectivity index (χ4v) is 4.38. The Labute approximate surface area is 138 Å². The fourth-order valence-electron chi connectivity index (χ4n) is 3.55. The second-order valence-electron chi connectivity index (χ2n) is 6.74. The lowest BCUT2D eigenvalue weighted by molar-refractivity contribution is 0.445. The number of aromatic nitrogens is 2. The fraction of sp³-hybridized carbons (Fsp3) is 0.750. The molecule has 6 nitrogen and oxygen atoms in total. The highest BCUT2D eigenvalue weighted by Gasteiger charge is 2.25. The van der Waals surface area contributed by atoms with Crippen LogP contribution in [0.15, 0.2) is 11.1 Å². The van der Waals surface area contributed by atoms with Gasteiger partial charge in [0.1, 0.15) is 4.90 Å². The molecule has 0 radical (unpaired) electrons. The van der Waals surface area contributed by atoms with Crippen LogP contribution in [0.1, 0.15) is 56.6 Å². The molecule has 3 rings (SSSR count). The van der Waals surface area contributed by atoms with Crippen LogP contribution in [0.4, 0.5) is 5.95 Å². The van der Waals surface area contributed by atoms with E-state index in [1.807, 2.05) is 0 Å². The van der Waals surface area contributed by atoms with E-state index in [0.717, 1.165) is 38.8 Å². The van der Waals surface area contributed by atoms with Gasteiger partial charge in [0.2, 0.25) is 5.95 Å². The Hall–Kier alpha value is -1.21. The molecule has 0 unspecified atom stereocenters. The summed E-state index contributed by atoms with van der Waals surface area (Å²) in [6.45, 7) is 1.77. The third kappa shape index (κ3) is 4.20. The highest BCUT2D eigenvalue weighted by Crippen LogP contribution is 2.28. The minimum absolute atomic E-state index is 0.142. The molecule has 0 spiro atoms. The van der Waals surface area contributed by atoms with Crippen molar-refractivity contribution in [2.24, 2.45) is 0 Å². The van der Waals surface area contributed by atoms with Crippen molar-refractivity contribution in [1.29, 1.82) is 0 Å². The van der Waals surface area contributed by atoms with Crippen molar-refractivity contribution in [3.63, 3.8) is 0 Å². The Kier molecular flexibility index (Phi) is 5.16. The summed E-state index contributed by atoms with van der Waals surface area (Å²) in [5, 5.41) is 6.74. The molecule has 2 fully saturated rings. The van der Waals surface area contributed by atoms with Crippen LogP contribution < -0.4 is 10.6 Å². The monoisotopic (exact) mass is 338 g/mol. The highest BCUT2D eigenvalue weighted by atomic mass is 32.2. The van der Waals surface area contributed by atoms with Crippen molar-refractivity contribution < 1.29 is 8.42 Å². The zero-order valence-electron chi connectivity index (χ0n) is 13.7. The van der Waals surface area contributed by atoms with Crippen molar-refractivity contribution in [3.8, 4) is 0 Å². The van der Waals surface area contributed by atoms with Crippen LogP contribution in [0.3, 0.4) is 0 Å². The second-order valence-corrected chi connectivity index (χ2v) is 8.72. The van der Waals surface area contributed by atoms with Gasteiger partial charge >= 0.3 is 0 Å². The number of sulfone groups is 1. The van der Waals surface area contributed by atoms with Gasteiger partial charge in [-0.15, -0.1) is 0 Å². The van der Waals surface area contributed by atoms with Crippen molar-refractivity contribution in [1.82, 2.24) is 15.3 Å². The number of nitrogens with zero attached hydrogens (tertiary/aromatic N) is 2. The average Bonchev–Trinajstić information content (AvgIpc) is 2.55. The molecule has 128 valence electrons. The van der Waals surface area contributed by atoms with Crippen molar-refractivity contribution >= 4 is 15.8 Å². The smallest absolute Gasteiger partial charge is 0.223 e. The van der Waals surface area contributed by atoms with E-state index in [1.165, 1.54) is 31.7 Å². The molecule has 23 heavy (non-hydrogen) atoms. The molecule has 2 heterocycles. The van der Waals surface area contributed by atoms with Gasteiger partial charge < -0.3 is 10.6 Å². The molecule has 1 saturated carbocycles. The number of hydrogen-bond donors (Lipinski definition) is 2. The van der Waals surface area contributed by atoms with E-state index in [0.29, 0.717) is 17.7 Å². The first kappa shape index (κ1) is 16.6. The van der Waals surface area contributed by atoms with Crippen LogP contribution in [0.5, 0.6) is 0 Å². The Morgan fingerprint density at radius 2 is 1.96 bits per heavy atom.